The maximum Gasteiger partial charge on any atom is 0.417 e. The van der Waals surface area contributed by atoms with Crippen molar-refractivity contribution in [3.05, 3.63) is 89.5 Å². The van der Waals surface area contributed by atoms with Crippen molar-refractivity contribution in [2.45, 2.75) is 32.1 Å². The molecule has 0 aromatic heterocycles. The van der Waals surface area contributed by atoms with Crippen molar-refractivity contribution in [2.24, 2.45) is 0 Å². The molecule has 3 aromatic carbocycles. The summed E-state index contributed by atoms with van der Waals surface area (Å²) in [7, 11) is 0. The van der Waals surface area contributed by atoms with Crippen LogP contribution < -0.4 is 9.64 Å². The van der Waals surface area contributed by atoms with Crippen molar-refractivity contribution >= 4 is 17.6 Å². The fourth-order valence-electron chi connectivity index (χ4n) is 3.80. The predicted octanol–water partition coefficient (Wildman–Crippen LogP) is 6.12. The summed E-state index contributed by atoms with van der Waals surface area (Å²) >= 11 is 0. The molecular weight excluding hydrogens is 459 g/mol. The largest absolute Gasteiger partial charge is 0.457 e. The first-order chi connectivity index (χ1) is 16.5. The minimum atomic E-state index is -4.81. The number of nitriles is 1. The number of alkyl halides is 3. The van der Waals surface area contributed by atoms with Gasteiger partial charge >= 0.3 is 12.2 Å². The smallest absolute Gasteiger partial charge is 0.417 e. The van der Waals surface area contributed by atoms with E-state index in [2.05, 4.69) is 0 Å². The molecule has 6 nitrogen and oxygen atoms in total. The molecule has 1 heterocycles. The number of carbonyl (C=O) groups is 2. The van der Waals surface area contributed by atoms with Crippen LogP contribution >= 0.6 is 0 Å². The van der Waals surface area contributed by atoms with E-state index in [1.165, 1.54) is 30.9 Å². The topological polar surface area (TPSA) is 73.6 Å². The number of urea groups is 1. The second kappa shape index (κ2) is 8.80. The van der Waals surface area contributed by atoms with E-state index in [9.17, 15) is 22.8 Å². The monoisotopic (exact) mass is 479 g/mol. The average molecular weight is 479 g/mol. The predicted molar refractivity (Wildman–Crippen MR) is 122 cm³/mol. The third kappa shape index (κ3) is 4.55. The summed E-state index contributed by atoms with van der Waals surface area (Å²) in [5.41, 5.74) is -2.63. The molecule has 0 N–H and O–H groups in total. The van der Waals surface area contributed by atoms with Gasteiger partial charge in [-0.25, -0.2) is 9.69 Å². The molecule has 3 aromatic rings. The van der Waals surface area contributed by atoms with Gasteiger partial charge in [-0.2, -0.15) is 18.4 Å². The molecule has 178 valence electrons. The van der Waals surface area contributed by atoms with Crippen LogP contribution in [0.4, 0.5) is 23.7 Å². The minimum Gasteiger partial charge on any atom is -0.457 e. The standard InChI is InChI=1S/C26H20F3N3O3/c1-25(2)23(33)32(19-11-10-18(15-30)22(14-19)26(27,28)29)24(34)31(25)16-17-8-12-21(13-9-17)35-20-6-4-3-5-7-20/h3-14H,16H2,1-2H3. The number of halogens is 3. The Morgan fingerprint density at radius 3 is 2.17 bits per heavy atom. The van der Waals surface area contributed by atoms with Gasteiger partial charge in [0, 0.05) is 6.54 Å². The lowest BCUT2D eigenvalue weighted by atomic mass is 10.0. The molecular formula is C26H20F3N3O3. The van der Waals surface area contributed by atoms with Crippen molar-refractivity contribution in [3.8, 4) is 17.6 Å². The van der Waals surface area contributed by atoms with E-state index in [1.807, 2.05) is 30.3 Å². The Morgan fingerprint density at radius 2 is 1.57 bits per heavy atom. The summed E-state index contributed by atoms with van der Waals surface area (Å²) in [6.45, 7) is 3.13. The van der Waals surface area contributed by atoms with Crippen LogP contribution in [0.1, 0.15) is 30.5 Å². The highest BCUT2D eigenvalue weighted by atomic mass is 19.4. The van der Waals surface area contributed by atoms with Crippen molar-refractivity contribution in [3.63, 3.8) is 0 Å². The van der Waals surface area contributed by atoms with E-state index >= 15 is 0 Å². The van der Waals surface area contributed by atoms with Gasteiger partial charge in [0.15, 0.2) is 0 Å². The van der Waals surface area contributed by atoms with Crippen LogP contribution in [-0.2, 0) is 17.5 Å². The summed E-state index contributed by atoms with van der Waals surface area (Å²) in [5.74, 6) is 0.587. The number of benzene rings is 3. The van der Waals surface area contributed by atoms with Crippen molar-refractivity contribution in [1.82, 2.24) is 4.90 Å². The maximum absolute atomic E-state index is 13.4. The molecule has 0 spiro atoms. The quantitative estimate of drug-likeness (QED) is 0.414. The van der Waals surface area contributed by atoms with Crippen molar-refractivity contribution < 1.29 is 27.5 Å². The molecule has 35 heavy (non-hydrogen) atoms. The van der Waals surface area contributed by atoms with E-state index < -0.39 is 34.8 Å². The van der Waals surface area contributed by atoms with Gasteiger partial charge in [0.2, 0.25) is 0 Å². The van der Waals surface area contributed by atoms with Gasteiger partial charge in [-0.1, -0.05) is 30.3 Å². The zero-order valence-electron chi connectivity index (χ0n) is 18.8. The molecule has 1 saturated heterocycles. The highest BCUT2D eigenvalue weighted by molar-refractivity contribution is 6.23. The Hall–Kier alpha value is -4.32. The van der Waals surface area contributed by atoms with Gasteiger partial charge < -0.3 is 9.64 Å². The van der Waals surface area contributed by atoms with Crippen LogP contribution in [0.2, 0.25) is 0 Å². The van der Waals surface area contributed by atoms with E-state index in [-0.39, 0.29) is 12.2 Å². The van der Waals surface area contributed by atoms with Gasteiger partial charge in [0.1, 0.15) is 17.0 Å². The number of anilines is 1. The van der Waals surface area contributed by atoms with E-state index in [1.54, 1.807) is 24.3 Å². The lowest BCUT2D eigenvalue weighted by Crippen LogP contribution is -2.43. The second-order valence-electron chi connectivity index (χ2n) is 8.47. The van der Waals surface area contributed by atoms with Crippen LogP contribution in [0.15, 0.2) is 72.8 Å². The molecule has 0 atom stereocenters. The third-order valence-electron chi connectivity index (χ3n) is 5.75. The van der Waals surface area contributed by atoms with Crippen LogP contribution in [0, 0.1) is 11.3 Å². The van der Waals surface area contributed by atoms with Crippen molar-refractivity contribution in [2.75, 3.05) is 4.90 Å². The number of rotatable bonds is 5. The van der Waals surface area contributed by atoms with Gasteiger partial charge in [-0.05, 0) is 61.9 Å². The molecule has 0 unspecified atom stereocenters. The number of para-hydroxylation sites is 1. The van der Waals surface area contributed by atoms with Crippen LogP contribution in [-0.4, -0.2) is 22.4 Å². The molecule has 1 fully saturated rings. The number of carbonyl (C=O) groups excluding carboxylic acids is 2. The van der Waals surface area contributed by atoms with Crippen LogP contribution in [0.3, 0.4) is 0 Å². The molecule has 0 saturated carbocycles. The number of imide groups is 1. The molecule has 0 aliphatic carbocycles. The number of amides is 3. The molecule has 0 radical (unpaired) electrons. The number of ether oxygens (including phenoxy) is 1. The average Bonchev–Trinajstić information content (AvgIpc) is 2.99. The highest BCUT2D eigenvalue weighted by Crippen LogP contribution is 2.38. The second-order valence-corrected chi connectivity index (χ2v) is 8.47. The normalized spacial score (nSPS) is 15.3. The van der Waals surface area contributed by atoms with E-state index in [0.717, 1.165) is 11.0 Å². The van der Waals surface area contributed by atoms with Gasteiger partial charge in [0.25, 0.3) is 5.91 Å². The first-order valence-corrected chi connectivity index (χ1v) is 10.6. The third-order valence-corrected chi connectivity index (χ3v) is 5.75. The molecule has 9 heteroatoms. The van der Waals surface area contributed by atoms with Gasteiger partial charge in [-0.15, -0.1) is 0 Å². The Labute approximate surface area is 199 Å². The molecule has 4 rings (SSSR count). The lowest BCUT2D eigenvalue weighted by molar-refractivity contribution is -0.137. The molecule has 1 aliphatic rings. The summed E-state index contributed by atoms with van der Waals surface area (Å²) in [4.78, 5) is 28.4. The summed E-state index contributed by atoms with van der Waals surface area (Å²) in [6.07, 6.45) is -4.81. The zero-order valence-corrected chi connectivity index (χ0v) is 18.8. The van der Waals surface area contributed by atoms with Crippen molar-refractivity contribution in [1.29, 1.82) is 5.26 Å². The zero-order chi connectivity index (χ0) is 25.4. The fraction of sp³-hybridized carbons (Fsp3) is 0.192. The first kappa shape index (κ1) is 23.8. The van der Waals surface area contributed by atoms with Crippen LogP contribution in [0.25, 0.3) is 0 Å². The summed E-state index contributed by atoms with van der Waals surface area (Å²) in [5, 5.41) is 9.02. The number of nitrogens with zero attached hydrogens (tertiary/aromatic N) is 3. The van der Waals surface area contributed by atoms with E-state index in [0.29, 0.717) is 23.1 Å². The van der Waals surface area contributed by atoms with Gasteiger partial charge in [-0.3, -0.25) is 4.79 Å². The van der Waals surface area contributed by atoms with Gasteiger partial charge in [0.05, 0.1) is 22.9 Å². The molecule has 0 bridgehead atoms. The highest BCUT2D eigenvalue weighted by Gasteiger charge is 2.52. The van der Waals surface area contributed by atoms with E-state index in [4.69, 9.17) is 10.00 Å². The Balaban J connectivity index is 1.58. The summed E-state index contributed by atoms with van der Waals surface area (Å²) in [6, 6.07) is 19.7. The minimum absolute atomic E-state index is 0.0576. The maximum atomic E-state index is 13.4. The number of hydrogen-bond donors (Lipinski definition) is 0. The fourth-order valence-corrected chi connectivity index (χ4v) is 3.80. The lowest BCUT2D eigenvalue weighted by Gasteiger charge is -2.27. The summed E-state index contributed by atoms with van der Waals surface area (Å²) < 4.78 is 46.0. The Kier molecular flexibility index (Phi) is 5.99. The SMILES string of the molecule is CC1(C)C(=O)N(c2ccc(C#N)c(C(F)(F)F)c2)C(=O)N1Cc1ccc(Oc2ccccc2)cc1. The molecule has 3 amide bonds. The Morgan fingerprint density at radius 1 is 0.943 bits per heavy atom. The molecule has 1 aliphatic heterocycles. The number of hydrogen-bond acceptors (Lipinski definition) is 4. The van der Waals surface area contributed by atoms with Crippen LogP contribution in [0.5, 0.6) is 11.5 Å². The first-order valence-electron chi connectivity index (χ1n) is 10.6. The Bertz CT molecular complexity index is 1310.